The van der Waals surface area contributed by atoms with Gasteiger partial charge >= 0.3 is 6.18 Å². The van der Waals surface area contributed by atoms with E-state index in [0.29, 0.717) is 36.6 Å². The van der Waals surface area contributed by atoms with Crippen LogP contribution in [0.3, 0.4) is 0 Å². The number of rotatable bonds is 7. The normalized spacial score (nSPS) is 21.0. The Morgan fingerprint density at radius 2 is 1.86 bits per heavy atom. The van der Waals surface area contributed by atoms with Crippen LogP contribution in [-0.2, 0) is 21.0 Å². The summed E-state index contributed by atoms with van der Waals surface area (Å²) >= 11 is 0. The predicted molar refractivity (Wildman–Crippen MR) is 128 cm³/mol. The van der Waals surface area contributed by atoms with Gasteiger partial charge in [-0.3, -0.25) is 9.52 Å². The van der Waals surface area contributed by atoms with Crippen LogP contribution in [0.5, 0.6) is 0 Å². The van der Waals surface area contributed by atoms with Crippen LogP contribution < -0.4 is 14.9 Å². The first-order valence-electron chi connectivity index (χ1n) is 11.6. The number of nitrogens with one attached hydrogen (secondary N) is 2. The quantitative estimate of drug-likeness (QED) is 0.578. The number of aromatic nitrogens is 1. The Morgan fingerprint density at radius 3 is 2.46 bits per heavy atom. The van der Waals surface area contributed by atoms with Gasteiger partial charge in [-0.05, 0) is 67.9 Å². The van der Waals surface area contributed by atoms with Crippen LogP contribution in [0, 0.1) is 12.8 Å². The Bertz CT molecular complexity index is 1230. The van der Waals surface area contributed by atoms with E-state index in [-0.39, 0.29) is 23.8 Å². The van der Waals surface area contributed by atoms with Gasteiger partial charge in [-0.1, -0.05) is 18.2 Å². The number of anilines is 2. The fourth-order valence-corrected chi connectivity index (χ4v) is 5.22. The van der Waals surface area contributed by atoms with E-state index in [2.05, 4.69) is 15.0 Å². The molecule has 2 heterocycles. The second-order valence-corrected chi connectivity index (χ2v) is 11.2. The van der Waals surface area contributed by atoms with E-state index in [1.807, 2.05) is 17.9 Å². The third kappa shape index (κ3) is 5.88. The number of halogens is 3. The lowest BCUT2D eigenvalue weighted by atomic mass is 10.0. The minimum atomic E-state index is -4.52. The fourth-order valence-electron chi connectivity index (χ4n) is 4.59. The molecule has 2 aromatic rings. The van der Waals surface area contributed by atoms with Gasteiger partial charge in [0.1, 0.15) is 11.5 Å². The number of amides is 1. The van der Waals surface area contributed by atoms with Crippen LogP contribution in [-0.4, -0.2) is 38.7 Å². The van der Waals surface area contributed by atoms with E-state index in [9.17, 15) is 26.4 Å². The molecular formula is C24H29F3N4O3S. The van der Waals surface area contributed by atoms with Gasteiger partial charge in [0.05, 0.1) is 18.0 Å². The molecule has 0 radical (unpaired) electrons. The molecule has 4 rings (SSSR count). The highest BCUT2D eigenvalue weighted by Crippen LogP contribution is 2.51. The van der Waals surface area contributed by atoms with Crippen molar-refractivity contribution in [2.75, 3.05) is 29.0 Å². The highest BCUT2D eigenvalue weighted by Gasteiger charge is 2.47. The van der Waals surface area contributed by atoms with Crippen LogP contribution >= 0.6 is 0 Å². The summed E-state index contributed by atoms with van der Waals surface area (Å²) in [6.07, 6.45) is -1.07. The lowest BCUT2D eigenvalue weighted by Gasteiger charge is -2.22. The molecule has 2 N–H and O–H groups in total. The molecule has 35 heavy (non-hydrogen) atoms. The second-order valence-electron chi connectivity index (χ2n) is 9.43. The van der Waals surface area contributed by atoms with E-state index in [4.69, 9.17) is 0 Å². The number of hydrogen-bond acceptors (Lipinski definition) is 5. The highest BCUT2D eigenvalue weighted by molar-refractivity contribution is 7.92. The Balaban J connectivity index is 1.46. The number of carbonyl (C=O) groups is 1. The summed E-state index contributed by atoms with van der Waals surface area (Å²) in [5.41, 5.74) is 1.80. The Morgan fingerprint density at radius 1 is 1.17 bits per heavy atom. The van der Waals surface area contributed by atoms with Crippen molar-refractivity contribution in [3.05, 3.63) is 52.7 Å². The van der Waals surface area contributed by atoms with Crippen molar-refractivity contribution in [2.24, 2.45) is 5.92 Å². The molecule has 7 nitrogen and oxygen atoms in total. The van der Waals surface area contributed by atoms with Gasteiger partial charge in [0.15, 0.2) is 0 Å². The maximum Gasteiger partial charge on any atom is 0.433 e. The van der Waals surface area contributed by atoms with Gasteiger partial charge in [-0.2, -0.15) is 13.2 Å². The molecule has 1 saturated heterocycles. The number of benzene rings is 1. The third-order valence-electron chi connectivity index (χ3n) is 6.53. The highest BCUT2D eigenvalue weighted by atomic mass is 32.2. The molecule has 1 aliphatic heterocycles. The van der Waals surface area contributed by atoms with E-state index in [0.717, 1.165) is 36.3 Å². The SMILES string of the molecule is Cc1cc(C(C)NC(=O)[C@@H]2CC2c2ccc(C(F)(F)F)nc2N2CCCC2)ccc1NS(C)(=O)=O. The fraction of sp³-hybridized carbons (Fsp3) is 0.500. The Hall–Kier alpha value is -2.82. The molecule has 1 amide bonds. The topological polar surface area (TPSA) is 91.4 Å². The molecule has 3 atom stereocenters. The number of aryl methyl sites for hydroxylation is 1. The van der Waals surface area contributed by atoms with Crippen LogP contribution in [0.4, 0.5) is 24.7 Å². The predicted octanol–water partition coefficient (Wildman–Crippen LogP) is 4.36. The summed E-state index contributed by atoms with van der Waals surface area (Å²) in [6.45, 7) is 4.93. The Kier molecular flexibility index (Phi) is 6.74. The summed E-state index contributed by atoms with van der Waals surface area (Å²) in [4.78, 5) is 18.8. The molecule has 1 saturated carbocycles. The lowest BCUT2D eigenvalue weighted by molar-refractivity contribution is -0.141. The van der Waals surface area contributed by atoms with Crippen molar-refractivity contribution in [3.8, 4) is 0 Å². The molecule has 0 spiro atoms. The van der Waals surface area contributed by atoms with Crippen molar-refractivity contribution in [1.29, 1.82) is 0 Å². The van der Waals surface area contributed by atoms with Gasteiger partial charge < -0.3 is 10.2 Å². The summed E-state index contributed by atoms with van der Waals surface area (Å²) in [5, 5.41) is 2.99. The maximum atomic E-state index is 13.3. The molecule has 1 aromatic carbocycles. The van der Waals surface area contributed by atoms with Gasteiger partial charge in [0.25, 0.3) is 0 Å². The number of alkyl halides is 3. The summed E-state index contributed by atoms with van der Waals surface area (Å²) in [5.74, 6) is -0.318. The molecule has 0 bridgehead atoms. The molecule has 1 aromatic heterocycles. The molecule has 1 aliphatic carbocycles. The van der Waals surface area contributed by atoms with Crippen molar-refractivity contribution in [2.45, 2.75) is 51.2 Å². The van der Waals surface area contributed by atoms with Gasteiger partial charge in [0.2, 0.25) is 15.9 Å². The van der Waals surface area contributed by atoms with Gasteiger partial charge in [-0.25, -0.2) is 13.4 Å². The van der Waals surface area contributed by atoms with E-state index >= 15 is 0 Å². The first-order chi connectivity index (χ1) is 16.3. The molecule has 2 unspecified atom stereocenters. The van der Waals surface area contributed by atoms with Crippen LogP contribution in [0.1, 0.15) is 60.5 Å². The second kappa shape index (κ2) is 9.33. The van der Waals surface area contributed by atoms with Crippen LogP contribution in [0.2, 0.25) is 0 Å². The number of carbonyl (C=O) groups excluding carboxylic acids is 1. The zero-order chi connectivity index (χ0) is 25.5. The summed E-state index contributed by atoms with van der Waals surface area (Å²) < 4.78 is 65.2. The van der Waals surface area contributed by atoms with Crippen molar-refractivity contribution >= 4 is 27.4 Å². The zero-order valence-corrected chi connectivity index (χ0v) is 20.6. The minimum Gasteiger partial charge on any atom is -0.356 e. The largest absolute Gasteiger partial charge is 0.433 e. The molecule has 2 fully saturated rings. The van der Waals surface area contributed by atoms with E-state index in [1.54, 1.807) is 19.1 Å². The standard InChI is InChI=1S/C24H29F3N4O3S/c1-14-12-16(6-8-20(14)30-35(3,33)34)15(2)28-23(32)19-13-18(19)17-7-9-21(24(25,26)27)29-22(17)31-10-4-5-11-31/h6-9,12,15,18-19,30H,4-5,10-11,13H2,1-3H3,(H,28,32)/t15?,18?,19-/m1/s1. The average Bonchev–Trinajstić information content (AvgIpc) is 3.37. The zero-order valence-electron chi connectivity index (χ0n) is 19.8. The van der Waals surface area contributed by atoms with Crippen molar-refractivity contribution < 1.29 is 26.4 Å². The minimum absolute atomic E-state index is 0.161. The summed E-state index contributed by atoms with van der Waals surface area (Å²) in [6, 6.07) is 7.37. The number of nitrogens with zero attached hydrogens (tertiary/aromatic N) is 2. The Labute approximate surface area is 203 Å². The van der Waals surface area contributed by atoms with E-state index < -0.39 is 21.9 Å². The van der Waals surface area contributed by atoms with Crippen molar-refractivity contribution in [3.63, 3.8) is 0 Å². The summed E-state index contributed by atoms with van der Waals surface area (Å²) in [7, 11) is -3.40. The number of pyridine rings is 1. The van der Waals surface area contributed by atoms with Crippen LogP contribution in [0.15, 0.2) is 30.3 Å². The van der Waals surface area contributed by atoms with Gasteiger partial charge in [-0.15, -0.1) is 0 Å². The molecular weight excluding hydrogens is 481 g/mol. The maximum absolute atomic E-state index is 13.3. The first-order valence-corrected chi connectivity index (χ1v) is 13.4. The molecule has 11 heteroatoms. The average molecular weight is 511 g/mol. The van der Waals surface area contributed by atoms with Crippen LogP contribution in [0.25, 0.3) is 0 Å². The number of sulfonamides is 1. The van der Waals surface area contributed by atoms with Gasteiger partial charge in [0, 0.05) is 19.0 Å². The monoisotopic (exact) mass is 510 g/mol. The first kappa shape index (κ1) is 25.3. The van der Waals surface area contributed by atoms with E-state index in [1.165, 1.54) is 6.07 Å². The lowest BCUT2D eigenvalue weighted by Crippen LogP contribution is -2.29. The molecule has 190 valence electrons. The number of hydrogen-bond donors (Lipinski definition) is 2. The third-order valence-corrected chi connectivity index (χ3v) is 7.12. The molecule has 2 aliphatic rings. The smallest absolute Gasteiger partial charge is 0.356 e. The van der Waals surface area contributed by atoms with Crippen molar-refractivity contribution in [1.82, 2.24) is 10.3 Å².